The molecule has 0 bridgehead atoms. The van der Waals surface area contributed by atoms with Crippen LogP contribution in [0.1, 0.15) is 13.8 Å². The van der Waals surface area contributed by atoms with Crippen molar-refractivity contribution >= 4 is 104 Å². The van der Waals surface area contributed by atoms with Gasteiger partial charge in [-0.1, -0.05) is 59.1 Å². The summed E-state index contributed by atoms with van der Waals surface area (Å²) >= 11 is 14.8. The van der Waals surface area contributed by atoms with Crippen molar-refractivity contribution < 1.29 is 28.6 Å². The third-order valence-corrected chi connectivity index (χ3v) is 6.49. The molecule has 0 radical (unpaired) electrons. The maximum Gasteiger partial charge on any atom is 2.00 e. The molecule has 0 aliphatic carbocycles. The number of hydrogen-bond donors (Lipinski definition) is 0. The Morgan fingerprint density at radius 1 is 0.667 bits per heavy atom. The van der Waals surface area contributed by atoms with Crippen molar-refractivity contribution in [3.63, 3.8) is 0 Å². The summed E-state index contributed by atoms with van der Waals surface area (Å²) in [5.74, 6) is 1.48. The van der Waals surface area contributed by atoms with Crippen molar-refractivity contribution in [2.24, 2.45) is 48.6 Å². The molecule has 51 heavy (non-hydrogen) atoms. The van der Waals surface area contributed by atoms with Crippen molar-refractivity contribution in [1.29, 1.82) is 0 Å². The Morgan fingerprint density at radius 3 is 1.33 bits per heavy atom. The fourth-order valence-corrected chi connectivity index (χ4v) is 4.19. The Morgan fingerprint density at radius 2 is 1.04 bits per heavy atom. The van der Waals surface area contributed by atoms with Gasteiger partial charge < -0.3 is 31.4 Å². The summed E-state index contributed by atoms with van der Waals surface area (Å²) < 4.78 is 7.41. The molecule has 2 aromatic carbocycles. The topological polar surface area (TPSA) is 176 Å². The van der Waals surface area contributed by atoms with Crippen LogP contribution in [0.15, 0.2) is 87.7 Å². The average molecular weight is 813 g/mol. The predicted octanol–water partition coefficient (Wildman–Crippen LogP) is 7.22. The predicted molar refractivity (Wildman–Crippen MR) is 212 cm³/mol. The number of imidazole rings is 1. The average Bonchev–Trinajstić information content (AvgIpc) is 3.60. The summed E-state index contributed by atoms with van der Waals surface area (Å²) in [7, 11) is 7.66. The van der Waals surface area contributed by atoms with Crippen LogP contribution < -0.4 is 18.9 Å². The number of azo groups is 2. The van der Waals surface area contributed by atoms with Gasteiger partial charge in [0.2, 0.25) is 6.33 Å². The first kappa shape index (κ1) is 48.5. The van der Waals surface area contributed by atoms with E-state index in [-0.39, 0.29) is 19.5 Å². The van der Waals surface area contributed by atoms with E-state index in [1.807, 2.05) is 78.6 Å². The number of rotatable bonds is 11. The van der Waals surface area contributed by atoms with Gasteiger partial charge in [0, 0.05) is 47.8 Å². The Hall–Kier alpha value is -4.59. The molecule has 2 heterocycles. The third-order valence-electron chi connectivity index (χ3n) is 6.49. The zero-order chi connectivity index (χ0) is 37.9. The third kappa shape index (κ3) is 18.3. The van der Waals surface area contributed by atoms with Gasteiger partial charge in [0.25, 0.3) is 0 Å². The van der Waals surface area contributed by atoms with Crippen molar-refractivity contribution in [2.75, 3.05) is 36.0 Å². The Balaban J connectivity index is 0. The van der Waals surface area contributed by atoms with Crippen LogP contribution in [0.5, 0.6) is 0 Å². The molecule has 0 N–H and O–H groups in total. The quantitative estimate of drug-likeness (QED) is 0.0505. The molecule has 2 aromatic heterocycles. The van der Waals surface area contributed by atoms with Crippen LogP contribution in [0.4, 0.5) is 34.6 Å². The van der Waals surface area contributed by atoms with Crippen molar-refractivity contribution in [3.05, 3.63) is 88.9 Å². The Kier molecular flexibility index (Phi) is 27.8. The summed E-state index contributed by atoms with van der Waals surface area (Å²) in [6.45, 7) is 8.01. The van der Waals surface area contributed by atoms with Gasteiger partial charge in [0.1, 0.15) is 5.69 Å². The summed E-state index contributed by atoms with van der Waals surface area (Å²) in [5.41, 5.74) is 3.97. The Bertz CT molecular complexity index is 1580. The largest absolute Gasteiger partial charge is 2.00 e. The number of isothiocyanates is 4. The van der Waals surface area contributed by atoms with Gasteiger partial charge in [-0.05, 0) is 67.5 Å². The van der Waals surface area contributed by atoms with E-state index in [9.17, 15) is 0 Å². The van der Waals surface area contributed by atoms with Crippen LogP contribution in [-0.2, 0) is 47.7 Å². The van der Waals surface area contributed by atoms with E-state index < -0.39 is 0 Å². The molecule has 15 nitrogen and oxygen atoms in total. The molecule has 0 saturated heterocycles. The molecular formula is C31H37N15S4Zn. The molecule has 0 fully saturated rings. The Labute approximate surface area is 332 Å². The number of aromatic nitrogens is 5. The van der Waals surface area contributed by atoms with Crippen LogP contribution in [0, 0.1) is 0 Å². The van der Waals surface area contributed by atoms with E-state index in [4.69, 9.17) is 21.6 Å². The SMILES string of the molecule is CCN(CCN(CC)c1ccc(N=Nc2n(C)nc[n+]2C)cc1)c1ccc(N=Nc2n(C)cc[n+]2C)cc1.[N-]=C=S.[N-]=C=S.[N-]=C=S.[N-]=C=S.[Zn+2]. The normalized spacial score (nSPS) is 9.29. The summed E-state index contributed by atoms with van der Waals surface area (Å²) in [5, 5.41) is 55.5. The standard InChI is InChI=1S/C27H37N11.4CNS.Zn/c1-7-37(24-13-9-22(10-14-24)29-31-26-33(3)17-18-34(26)4)19-20-38(8-2)25-15-11-23(12-16-25)30-32-27-35(5)21-28-36(27)6;4*2-1-3;/h9-18,21H,7-8,19-20H2,1-6H3;;;;;/q+2;4*-1;+2. The van der Waals surface area contributed by atoms with E-state index in [0.29, 0.717) is 5.95 Å². The van der Waals surface area contributed by atoms with Crippen LogP contribution in [0.2, 0.25) is 0 Å². The minimum atomic E-state index is 0. The number of nitrogens with zero attached hydrogens (tertiary/aromatic N) is 15. The van der Waals surface area contributed by atoms with Crippen LogP contribution in [-0.4, -0.2) is 61.2 Å². The van der Waals surface area contributed by atoms with E-state index >= 15 is 0 Å². The number of anilines is 2. The van der Waals surface area contributed by atoms with Crippen molar-refractivity contribution in [1.82, 2.24) is 14.3 Å². The molecule has 4 rings (SSSR count). The zero-order valence-corrected chi connectivity index (χ0v) is 35.5. The van der Waals surface area contributed by atoms with Gasteiger partial charge in [-0.15, -0.1) is 4.68 Å². The zero-order valence-electron chi connectivity index (χ0n) is 29.2. The van der Waals surface area contributed by atoms with E-state index in [1.165, 1.54) is 26.3 Å². The van der Waals surface area contributed by atoms with Crippen molar-refractivity contribution in [2.45, 2.75) is 13.8 Å². The second kappa shape index (κ2) is 29.2. The fourth-order valence-electron chi connectivity index (χ4n) is 4.19. The second-order valence-electron chi connectivity index (χ2n) is 9.44. The van der Waals surface area contributed by atoms with Crippen LogP contribution in [0.3, 0.4) is 0 Å². The minimum absolute atomic E-state index is 0. The van der Waals surface area contributed by atoms with E-state index in [2.05, 4.69) is 122 Å². The molecule has 20 heteroatoms. The van der Waals surface area contributed by atoms with E-state index in [0.717, 1.165) is 49.2 Å². The fraction of sp³-hybridized carbons (Fsp3) is 0.323. The maximum atomic E-state index is 7.13. The molecule has 0 aliphatic heterocycles. The number of aryl methyl sites for hydroxylation is 4. The molecular weight excluding hydrogens is 776 g/mol. The van der Waals surface area contributed by atoms with Crippen LogP contribution >= 0.6 is 48.9 Å². The van der Waals surface area contributed by atoms with Gasteiger partial charge in [0.15, 0.2) is 0 Å². The van der Waals surface area contributed by atoms with Crippen molar-refractivity contribution in [3.8, 4) is 0 Å². The van der Waals surface area contributed by atoms with Crippen LogP contribution in [0.25, 0.3) is 21.6 Å². The summed E-state index contributed by atoms with van der Waals surface area (Å²) in [6, 6.07) is 16.5. The van der Waals surface area contributed by atoms with Gasteiger partial charge in [-0.25, -0.2) is 13.7 Å². The molecule has 0 saturated carbocycles. The first-order valence-electron chi connectivity index (χ1n) is 14.5. The molecule has 0 unspecified atom stereocenters. The van der Waals surface area contributed by atoms with Gasteiger partial charge in [0.05, 0.1) is 46.3 Å². The number of likely N-dealkylation sites (N-methyl/N-ethyl adjacent to an activating group) is 2. The van der Waals surface area contributed by atoms with E-state index in [1.54, 1.807) is 11.0 Å². The molecule has 262 valence electrons. The van der Waals surface area contributed by atoms with Gasteiger partial charge in [-0.2, -0.15) is 20.6 Å². The van der Waals surface area contributed by atoms with Gasteiger partial charge >= 0.3 is 31.4 Å². The number of hydrogen-bond acceptors (Lipinski definition) is 11. The van der Waals surface area contributed by atoms with Gasteiger partial charge in [-0.3, -0.25) is 0 Å². The first-order valence-corrected chi connectivity index (χ1v) is 16.2. The first-order chi connectivity index (χ1) is 24.0. The molecule has 0 spiro atoms. The summed E-state index contributed by atoms with van der Waals surface area (Å²) in [4.78, 5) is 4.74. The summed E-state index contributed by atoms with van der Waals surface area (Å²) in [6.07, 6.45) is 5.63. The smallest absolute Gasteiger partial charge is 0.753 e. The minimum Gasteiger partial charge on any atom is -0.753 e. The molecule has 0 amide bonds. The maximum absolute atomic E-state index is 7.13. The molecule has 0 atom stereocenters. The molecule has 0 aliphatic rings. The molecule has 4 aromatic rings. The monoisotopic (exact) mass is 811 g/mol. The second-order valence-corrected chi connectivity index (χ2v) is 10.2. The number of thiocarbonyl (C=S) groups is 4. The number of benzene rings is 2.